The molecule has 0 spiro atoms. The van der Waals surface area contributed by atoms with Crippen LogP contribution in [-0.4, -0.2) is 40.5 Å². The summed E-state index contributed by atoms with van der Waals surface area (Å²) in [5.74, 6) is 1.21. The van der Waals surface area contributed by atoms with Gasteiger partial charge in [0.15, 0.2) is 5.82 Å². The highest BCUT2D eigenvalue weighted by Crippen LogP contribution is 2.18. The highest BCUT2D eigenvalue weighted by Gasteiger charge is 2.08. The maximum atomic E-state index is 11.5. The van der Waals surface area contributed by atoms with Gasteiger partial charge in [-0.15, -0.1) is 0 Å². The summed E-state index contributed by atoms with van der Waals surface area (Å²) in [6.07, 6.45) is 1.45. The molecule has 0 unspecified atom stereocenters. The van der Waals surface area contributed by atoms with E-state index in [1.54, 1.807) is 6.92 Å². The fourth-order valence-corrected chi connectivity index (χ4v) is 1.97. The number of aromatic nitrogens is 2. The van der Waals surface area contributed by atoms with E-state index in [9.17, 15) is 4.79 Å². The van der Waals surface area contributed by atoms with Crippen LogP contribution in [0, 0.1) is 0 Å². The van der Waals surface area contributed by atoms with Gasteiger partial charge in [0.2, 0.25) is 0 Å². The Balaban J connectivity index is 1.82. The van der Waals surface area contributed by atoms with Gasteiger partial charge in [-0.05, 0) is 31.0 Å². The van der Waals surface area contributed by atoms with Crippen LogP contribution < -0.4 is 10.6 Å². The summed E-state index contributed by atoms with van der Waals surface area (Å²) in [6.45, 7) is 4.15. The molecule has 0 saturated heterocycles. The Morgan fingerprint density at radius 1 is 1.35 bits per heavy atom. The second kappa shape index (κ2) is 8.28. The number of carbonyl (C=O) groups is 1. The molecule has 2 aromatic rings. The zero-order chi connectivity index (χ0) is 16.7. The second-order valence-electron chi connectivity index (χ2n) is 5.30. The molecule has 124 valence electrons. The molecule has 3 N–H and O–H groups in total. The van der Waals surface area contributed by atoms with E-state index >= 15 is 0 Å². The summed E-state index contributed by atoms with van der Waals surface area (Å²) in [5, 5.41) is 18.1. The van der Waals surface area contributed by atoms with E-state index in [2.05, 4.69) is 20.8 Å². The first-order chi connectivity index (χ1) is 11.1. The third-order valence-corrected chi connectivity index (χ3v) is 3.34. The Morgan fingerprint density at radius 2 is 2.09 bits per heavy atom. The van der Waals surface area contributed by atoms with E-state index < -0.39 is 0 Å². The minimum atomic E-state index is -0.277. The molecule has 1 heterocycles. The second-order valence-corrected chi connectivity index (χ2v) is 5.30. The Kier molecular flexibility index (Phi) is 6.10. The number of hydrogen-bond acceptors (Lipinski definition) is 5. The normalized spacial score (nSPS) is 12.0. The number of aliphatic hydroxyl groups is 1. The van der Waals surface area contributed by atoms with Gasteiger partial charge in [-0.3, -0.25) is 0 Å². The van der Waals surface area contributed by atoms with Gasteiger partial charge in [0.05, 0.1) is 12.6 Å². The van der Waals surface area contributed by atoms with Crippen LogP contribution in [-0.2, 0) is 12.8 Å². The van der Waals surface area contributed by atoms with Crippen molar-refractivity contribution in [2.45, 2.75) is 32.7 Å². The summed E-state index contributed by atoms with van der Waals surface area (Å²) in [5.41, 5.74) is 1.97. The molecule has 0 aliphatic heterocycles. The quantitative estimate of drug-likeness (QED) is 0.718. The first kappa shape index (κ1) is 17.0. The number of hydrogen-bond donors (Lipinski definition) is 3. The van der Waals surface area contributed by atoms with Crippen molar-refractivity contribution in [2.24, 2.45) is 0 Å². The maximum absolute atomic E-state index is 11.5. The largest absolute Gasteiger partial charge is 0.394 e. The number of nitrogens with zero attached hydrogens (tertiary/aromatic N) is 2. The standard InChI is InChI=1S/C16H22N4O3/c1-3-14-19-15(23-20-14)13-6-4-12(5-7-13)8-9-17-16(22)18-11(2)10-21/h4-7,11,21H,3,8-10H2,1-2H3,(H2,17,18,22)/t11-/m0/s1. The summed E-state index contributed by atoms with van der Waals surface area (Å²) in [7, 11) is 0. The maximum Gasteiger partial charge on any atom is 0.315 e. The minimum Gasteiger partial charge on any atom is -0.394 e. The average molecular weight is 318 g/mol. The average Bonchev–Trinajstić information content (AvgIpc) is 3.04. The fourth-order valence-electron chi connectivity index (χ4n) is 1.97. The summed E-state index contributed by atoms with van der Waals surface area (Å²) in [4.78, 5) is 15.8. The van der Waals surface area contributed by atoms with Crippen LogP contribution in [0.4, 0.5) is 4.79 Å². The summed E-state index contributed by atoms with van der Waals surface area (Å²) >= 11 is 0. The van der Waals surface area contributed by atoms with Gasteiger partial charge in [-0.1, -0.05) is 24.2 Å². The molecule has 2 rings (SSSR count). The van der Waals surface area contributed by atoms with E-state index in [0.29, 0.717) is 24.7 Å². The lowest BCUT2D eigenvalue weighted by Crippen LogP contribution is -2.42. The minimum absolute atomic E-state index is 0.0791. The molecule has 2 amide bonds. The number of urea groups is 1. The van der Waals surface area contributed by atoms with Gasteiger partial charge in [0.1, 0.15) is 0 Å². The topological polar surface area (TPSA) is 100 Å². The number of nitrogens with one attached hydrogen (secondary N) is 2. The molecule has 0 bridgehead atoms. The molecule has 7 heteroatoms. The number of benzene rings is 1. The van der Waals surface area contributed by atoms with Crippen LogP contribution in [0.1, 0.15) is 25.2 Å². The van der Waals surface area contributed by atoms with Crippen molar-refractivity contribution >= 4 is 6.03 Å². The van der Waals surface area contributed by atoms with E-state index in [1.165, 1.54) is 0 Å². The number of aryl methyl sites for hydroxylation is 1. The molecule has 1 aromatic heterocycles. The van der Waals surface area contributed by atoms with Crippen LogP contribution in [0.15, 0.2) is 28.8 Å². The van der Waals surface area contributed by atoms with Gasteiger partial charge >= 0.3 is 6.03 Å². The molecule has 0 saturated carbocycles. The van der Waals surface area contributed by atoms with Gasteiger partial charge in [0, 0.05) is 18.5 Å². The summed E-state index contributed by atoms with van der Waals surface area (Å²) in [6, 6.07) is 7.27. The fraction of sp³-hybridized carbons (Fsp3) is 0.438. The predicted molar refractivity (Wildman–Crippen MR) is 85.9 cm³/mol. The Labute approximate surface area is 135 Å². The molecular weight excluding hydrogens is 296 g/mol. The highest BCUT2D eigenvalue weighted by atomic mass is 16.5. The van der Waals surface area contributed by atoms with Crippen LogP contribution in [0.25, 0.3) is 11.5 Å². The van der Waals surface area contributed by atoms with Gasteiger partial charge < -0.3 is 20.3 Å². The van der Waals surface area contributed by atoms with E-state index in [1.807, 2.05) is 31.2 Å². The number of rotatable bonds is 7. The molecule has 0 aliphatic rings. The molecule has 0 aliphatic carbocycles. The monoisotopic (exact) mass is 318 g/mol. The Hall–Kier alpha value is -2.41. The van der Waals surface area contributed by atoms with Gasteiger partial charge in [0.25, 0.3) is 5.89 Å². The van der Waals surface area contributed by atoms with Crippen LogP contribution in [0.2, 0.25) is 0 Å². The lowest BCUT2D eigenvalue weighted by Gasteiger charge is -2.11. The van der Waals surface area contributed by atoms with Crippen LogP contribution in [0.3, 0.4) is 0 Å². The lowest BCUT2D eigenvalue weighted by atomic mass is 10.1. The van der Waals surface area contributed by atoms with Gasteiger partial charge in [-0.2, -0.15) is 4.98 Å². The van der Waals surface area contributed by atoms with E-state index in [0.717, 1.165) is 17.5 Å². The molecular formula is C16H22N4O3. The summed E-state index contributed by atoms with van der Waals surface area (Å²) < 4.78 is 5.19. The Bertz CT molecular complexity index is 625. The highest BCUT2D eigenvalue weighted by molar-refractivity contribution is 5.74. The van der Waals surface area contributed by atoms with Crippen LogP contribution in [0.5, 0.6) is 0 Å². The SMILES string of the molecule is CCc1noc(-c2ccc(CCNC(=O)N[C@@H](C)CO)cc2)n1. The number of aliphatic hydroxyl groups excluding tert-OH is 1. The van der Waals surface area contributed by atoms with Crippen molar-refractivity contribution in [3.8, 4) is 11.5 Å². The molecule has 23 heavy (non-hydrogen) atoms. The molecule has 7 nitrogen and oxygen atoms in total. The number of carbonyl (C=O) groups excluding carboxylic acids is 1. The van der Waals surface area contributed by atoms with Crippen molar-refractivity contribution in [3.05, 3.63) is 35.7 Å². The van der Waals surface area contributed by atoms with E-state index in [4.69, 9.17) is 9.63 Å². The van der Waals surface area contributed by atoms with Crippen molar-refractivity contribution in [3.63, 3.8) is 0 Å². The number of amides is 2. The van der Waals surface area contributed by atoms with Crippen molar-refractivity contribution in [1.82, 2.24) is 20.8 Å². The third-order valence-electron chi connectivity index (χ3n) is 3.34. The zero-order valence-corrected chi connectivity index (χ0v) is 13.4. The van der Waals surface area contributed by atoms with Crippen molar-refractivity contribution < 1.29 is 14.4 Å². The first-order valence-electron chi connectivity index (χ1n) is 7.69. The van der Waals surface area contributed by atoms with E-state index in [-0.39, 0.29) is 18.7 Å². The molecule has 1 atom stereocenters. The first-order valence-corrected chi connectivity index (χ1v) is 7.69. The van der Waals surface area contributed by atoms with Crippen LogP contribution >= 0.6 is 0 Å². The molecule has 0 radical (unpaired) electrons. The van der Waals surface area contributed by atoms with Crippen molar-refractivity contribution in [2.75, 3.05) is 13.2 Å². The third kappa shape index (κ3) is 5.07. The smallest absolute Gasteiger partial charge is 0.315 e. The Morgan fingerprint density at radius 3 is 2.70 bits per heavy atom. The molecule has 0 fully saturated rings. The van der Waals surface area contributed by atoms with Crippen molar-refractivity contribution in [1.29, 1.82) is 0 Å². The van der Waals surface area contributed by atoms with Gasteiger partial charge in [-0.25, -0.2) is 4.79 Å². The zero-order valence-electron chi connectivity index (χ0n) is 13.4. The predicted octanol–water partition coefficient (Wildman–Crippen LogP) is 1.52. The molecule has 1 aromatic carbocycles. The lowest BCUT2D eigenvalue weighted by molar-refractivity contribution is 0.220.